The van der Waals surface area contributed by atoms with Gasteiger partial charge in [-0.25, -0.2) is 9.98 Å². The Morgan fingerprint density at radius 3 is 2.94 bits per heavy atom. The fraction of sp³-hybridized carbons (Fsp3) is 0.565. The highest BCUT2D eigenvalue weighted by Crippen LogP contribution is 2.12. The van der Waals surface area contributed by atoms with Gasteiger partial charge in [-0.2, -0.15) is 0 Å². The molecule has 0 spiro atoms. The zero-order chi connectivity index (χ0) is 21.0. The number of guanidine groups is 1. The molecule has 1 aliphatic rings. The molecule has 1 aromatic heterocycles. The van der Waals surface area contributed by atoms with Crippen molar-refractivity contribution >= 4 is 29.9 Å². The monoisotopic (exact) mass is 541 g/mol. The van der Waals surface area contributed by atoms with Gasteiger partial charge in [0.2, 0.25) is 0 Å². The predicted molar refractivity (Wildman–Crippen MR) is 135 cm³/mol. The molecule has 8 heteroatoms. The number of hydrogen-bond donors (Lipinski definition) is 2. The van der Waals surface area contributed by atoms with Gasteiger partial charge in [0.05, 0.1) is 19.3 Å². The van der Waals surface area contributed by atoms with Gasteiger partial charge in [0.1, 0.15) is 5.82 Å². The number of rotatable bonds is 11. The van der Waals surface area contributed by atoms with Gasteiger partial charge in [-0.15, -0.1) is 24.0 Å². The van der Waals surface area contributed by atoms with E-state index < -0.39 is 0 Å². The van der Waals surface area contributed by atoms with Gasteiger partial charge < -0.3 is 24.7 Å². The minimum absolute atomic E-state index is 0. The average Bonchev–Trinajstić information content (AvgIpc) is 3.41. The van der Waals surface area contributed by atoms with Crippen LogP contribution in [0, 0.1) is 6.92 Å². The van der Waals surface area contributed by atoms with Crippen LogP contribution in [-0.2, 0) is 22.6 Å². The number of ether oxygens (including phenoxy) is 2. The van der Waals surface area contributed by atoms with Crippen molar-refractivity contribution in [3.63, 3.8) is 0 Å². The standard InChI is InChI=1S/C23H35N5O2.HI/c1-3-24-23(26-10-6-13-29-18-22-9-5-14-30-22)27-16-20-7-4-8-21(15-20)17-28-12-11-25-19(28)2;/h4,7-8,11-12,15,22H,3,5-6,9-10,13-14,16-18H2,1-2H3,(H2,24,26,27);1H. The summed E-state index contributed by atoms with van der Waals surface area (Å²) in [7, 11) is 0. The maximum atomic E-state index is 5.72. The molecule has 0 radical (unpaired) electrons. The molecule has 1 fully saturated rings. The third kappa shape index (κ3) is 9.16. The van der Waals surface area contributed by atoms with Crippen LogP contribution in [-0.4, -0.2) is 54.5 Å². The first-order chi connectivity index (χ1) is 14.7. The molecule has 0 aliphatic carbocycles. The quantitative estimate of drug-likeness (QED) is 0.197. The molecule has 0 amide bonds. The number of nitrogens with one attached hydrogen (secondary N) is 2. The van der Waals surface area contributed by atoms with Crippen molar-refractivity contribution < 1.29 is 9.47 Å². The summed E-state index contributed by atoms with van der Waals surface area (Å²) in [5, 5.41) is 6.71. The highest BCUT2D eigenvalue weighted by Gasteiger charge is 2.14. The maximum absolute atomic E-state index is 5.72. The minimum atomic E-state index is 0. The lowest BCUT2D eigenvalue weighted by molar-refractivity contribution is 0.0168. The molecular formula is C23H36IN5O2. The van der Waals surface area contributed by atoms with Crippen LogP contribution in [0.2, 0.25) is 0 Å². The molecule has 2 heterocycles. The average molecular weight is 541 g/mol. The SMILES string of the molecule is CCNC(=NCc1cccc(Cn2ccnc2C)c1)NCCCOCC1CCCO1.I. The van der Waals surface area contributed by atoms with Crippen molar-refractivity contribution in [1.82, 2.24) is 20.2 Å². The summed E-state index contributed by atoms with van der Waals surface area (Å²) in [5.41, 5.74) is 2.45. The highest BCUT2D eigenvalue weighted by molar-refractivity contribution is 14.0. The summed E-state index contributed by atoms with van der Waals surface area (Å²) in [6, 6.07) is 8.58. The smallest absolute Gasteiger partial charge is 0.191 e. The number of hydrogen-bond acceptors (Lipinski definition) is 4. The molecule has 7 nitrogen and oxygen atoms in total. The fourth-order valence-electron chi connectivity index (χ4n) is 3.48. The Hall–Kier alpha value is -1.65. The fourth-order valence-corrected chi connectivity index (χ4v) is 3.48. The maximum Gasteiger partial charge on any atom is 0.191 e. The first-order valence-electron chi connectivity index (χ1n) is 11.0. The van der Waals surface area contributed by atoms with Crippen molar-refractivity contribution in [2.75, 3.05) is 32.9 Å². The van der Waals surface area contributed by atoms with Gasteiger partial charge in [0.25, 0.3) is 0 Å². The third-order valence-corrected chi connectivity index (χ3v) is 5.12. The van der Waals surface area contributed by atoms with Crippen LogP contribution in [0.15, 0.2) is 41.7 Å². The normalized spacial score (nSPS) is 16.2. The van der Waals surface area contributed by atoms with Crippen LogP contribution in [0.5, 0.6) is 0 Å². The second kappa shape index (κ2) is 14.4. The summed E-state index contributed by atoms with van der Waals surface area (Å²) < 4.78 is 13.4. The summed E-state index contributed by atoms with van der Waals surface area (Å²) in [6.07, 6.45) is 7.37. The number of nitrogens with zero attached hydrogens (tertiary/aromatic N) is 3. The molecule has 2 N–H and O–H groups in total. The van der Waals surface area contributed by atoms with Crippen LogP contribution in [0.25, 0.3) is 0 Å². The van der Waals surface area contributed by atoms with Crippen LogP contribution in [0.4, 0.5) is 0 Å². The Bertz CT molecular complexity index is 790. The largest absolute Gasteiger partial charge is 0.379 e. The van der Waals surface area contributed by atoms with Gasteiger partial charge in [-0.05, 0) is 44.2 Å². The van der Waals surface area contributed by atoms with Gasteiger partial charge in [0, 0.05) is 45.2 Å². The van der Waals surface area contributed by atoms with E-state index in [1.54, 1.807) is 0 Å². The Balaban J connectivity index is 0.00000341. The number of imidazole rings is 1. The van der Waals surface area contributed by atoms with Crippen LogP contribution < -0.4 is 10.6 Å². The van der Waals surface area contributed by atoms with Gasteiger partial charge in [-0.1, -0.05) is 24.3 Å². The lowest BCUT2D eigenvalue weighted by Gasteiger charge is -2.13. The molecule has 2 aromatic rings. The molecule has 1 aromatic carbocycles. The Labute approximate surface area is 203 Å². The number of benzene rings is 1. The van der Waals surface area contributed by atoms with Crippen molar-refractivity contribution in [1.29, 1.82) is 0 Å². The lowest BCUT2D eigenvalue weighted by Crippen LogP contribution is -2.38. The second-order valence-electron chi connectivity index (χ2n) is 7.61. The van der Waals surface area contributed by atoms with Crippen molar-refractivity contribution in [2.24, 2.45) is 4.99 Å². The number of aryl methyl sites for hydroxylation is 1. The van der Waals surface area contributed by atoms with Gasteiger partial charge in [-0.3, -0.25) is 0 Å². The molecular weight excluding hydrogens is 505 g/mol. The molecule has 1 aliphatic heterocycles. The summed E-state index contributed by atoms with van der Waals surface area (Å²) in [4.78, 5) is 9.03. The van der Waals surface area contributed by atoms with E-state index in [1.807, 2.05) is 19.3 Å². The second-order valence-corrected chi connectivity index (χ2v) is 7.61. The lowest BCUT2D eigenvalue weighted by atomic mass is 10.1. The molecule has 3 rings (SSSR count). The van der Waals surface area contributed by atoms with E-state index in [-0.39, 0.29) is 24.0 Å². The predicted octanol–water partition coefficient (Wildman–Crippen LogP) is 3.50. The molecule has 1 unspecified atom stereocenters. The van der Waals surface area contributed by atoms with E-state index in [1.165, 1.54) is 11.1 Å². The van der Waals surface area contributed by atoms with Crippen molar-refractivity contribution in [3.05, 3.63) is 53.6 Å². The number of halogens is 1. The zero-order valence-corrected chi connectivity index (χ0v) is 21.0. The van der Waals surface area contributed by atoms with E-state index in [0.717, 1.165) is 63.9 Å². The first-order valence-corrected chi connectivity index (χ1v) is 11.0. The first kappa shape index (κ1) is 25.6. The molecule has 31 heavy (non-hydrogen) atoms. The van der Waals surface area contributed by atoms with E-state index in [9.17, 15) is 0 Å². The molecule has 172 valence electrons. The summed E-state index contributed by atoms with van der Waals surface area (Å²) in [5.74, 6) is 1.87. The minimum Gasteiger partial charge on any atom is -0.379 e. The van der Waals surface area contributed by atoms with E-state index in [0.29, 0.717) is 19.3 Å². The molecule has 1 saturated heterocycles. The molecule has 0 saturated carbocycles. The zero-order valence-electron chi connectivity index (χ0n) is 18.7. The van der Waals surface area contributed by atoms with Crippen LogP contribution in [0.1, 0.15) is 43.1 Å². The molecule has 0 bridgehead atoms. The van der Waals surface area contributed by atoms with E-state index >= 15 is 0 Å². The van der Waals surface area contributed by atoms with Crippen LogP contribution >= 0.6 is 24.0 Å². The summed E-state index contributed by atoms with van der Waals surface area (Å²) >= 11 is 0. The Morgan fingerprint density at radius 1 is 1.32 bits per heavy atom. The highest BCUT2D eigenvalue weighted by atomic mass is 127. The van der Waals surface area contributed by atoms with Gasteiger partial charge >= 0.3 is 0 Å². The van der Waals surface area contributed by atoms with Gasteiger partial charge in [0.15, 0.2) is 5.96 Å². The van der Waals surface area contributed by atoms with Crippen LogP contribution in [0.3, 0.4) is 0 Å². The summed E-state index contributed by atoms with van der Waals surface area (Å²) in [6.45, 7) is 9.56. The number of aliphatic imine (C=N–C) groups is 1. The van der Waals surface area contributed by atoms with Crippen molar-refractivity contribution in [3.8, 4) is 0 Å². The van der Waals surface area contributed by atoms with E-state index in [2.05, 4.69) is 51.4 Å². The molecule has 1 atom stereocenters. The van der Waals surface area contributed by atoms with E-state index in [4.69, 9.17) is 14.5 Å². The topological polar surface area (TPSA) is 72.7 Å². The Morgan fingerprint density at radius 2 is 2.19 bits per heavy atom. The number of aromatic nitrogens is 2. The Kier molecular flexibility index (Phi) is 11.9. The van der Waals surface area contributed by atoms with Crippen molar-refractivity contribution in [2.45, 2.75) is 52.3 Å². The third-order valence-electron chi connectivity index (χ3n) is 5.12.